The summed E-state index contributed by atoms with van der Waals surface area (Å²) in [6, 6.07) is 8.85. The lowest BCUT2D eigenvalue weighted by molar-refractivity contribution is 0.0518. The highest BCUT2D eigenvalue weighted by Gasteiger charge is 2.27. The van der Waals surface area contributed by atoms with Crippen LogP contribution in [0.4, 0.5) is 0 Å². The maximum Gasteiger partial charge on any atom is 0.125 e. The summed E-state index contributed by atoms with van der Waals surface area (Å²) in [6.45, 7) is 3.19. The molecule has 2 aromatic rings. The van der Waals surface area contributed by atoms with Gasteiger partial charge in [-0.3, -0.25) is 0 Å². The van der Waals surface area contributed by atoms with Gasteiger partial charge in [-0.05, 0) is 29.9 Å². The number of nitrogens with zero attached hydrogens (tertiary/aromatic N) is 2. The van der Waals surface area contributed by atoms with Gasteiger partial charge in [-0.1, -0.05) is 24.3 Å². The highest BCUT2D eigenvalue weighted by Crippen LogP contribution is 2.29. The van der Waals surface area contributed by atoms with E-state index in [0.717, 1.165) is 38.4 Å². The minimum atomic E-state index is 0.257. The number of hydrogen-bond acceptors (Lipinski definition) is 4. The van der Waals surface area contributed by atoms with Crippen LogP contribution >= 0.6 is 0 Å². The fourth-order valence-corrected chi connectivity index (χ4v) is 3.34. The third-order valence-electron chi connectivity index (χ3n) is 4.73. The van der Waals surface area contributed by atoms with Gasteiger partial charge in [-0.2, -0.15) is 0 Å². The molecule has 0 bridgehead atoms. The van der Waals surface area contributed by atoms with E-state index >= 15 is 0 Å². The molecule has 130 valence electrons. The summed E-state index contributed by atoms with van der Waals surface area (Å²) in [4.78, 5) is 4.59. The molecule has 1 saturated heterocycles. The summed E-state index contributed by atoms with van der Waals surface area (Å²) in [5.41, 5.74) is 2.48. The lowest BCUT2D eigenvalue weighted by Gasteiger charge is -2.30. The minimum absolute atomic E-state index is 0.257. The van der Waals surface area contributed by atoms with Gasteiger partial charge in [-0.25, -0.2) is 4.98 Å². The number of benzene rings is 1. The molecule has 1 fully saturated rings. The average molecular weight is 329 g/mol. The van der Waals surface area contributed by atoms with Crippen molar-refractivity contribution in [2.24, 2.45) is 13.0 Å². The van der Waals surface area contributed by atoms with E-state index in [2.05, 4.69) is 46.2 Å². The van der Waals surface area contributed by atoms with E-state index in [4.69, 9.17) is 9.47 Å². The van der Waals surface area contributed by atoms with E-state index in [1.165, 1.54) is 11.1 Å². The Balaban J connectivity index is 1.68. The van der Waals surface area contributed by atoms with Crippen LogP contribution in [-0.2, 0) is 29.7 Å². The summed E-state index contributed by atoms with van der Waals surface area (Å²) in [5, 5.41) is 3.73. The van der Waals surface area contributed by atoms with Crippen LogP contribution in [-0.4, -0.2) is 29.9 Å². The molecule has 0 amide bonds. The van der Waals surface area contributed by atoms with Crippen LogP contribution in [0.3, 0.4) is 0 Å². The van der Waals surface area contributed by atoms with Gasteiger partial charge in [-0.15, -0.1) is 0 Å². The summed E-state index contributed by atoms with van der Waals surface area (Å²) < 4.78 is 12.8. The lowest BCUT2D eigenvalue weighted by Crippen LogP contribution is -2.33. The van der Waals surface area contributed by atoms with Crippen LogP contribution in [0.15, 0.2) is 36.7 Å². The molecule has 5 heteroatoms. The second kappa shape index (κ2) is 8.42. The van der Waals surface area contributed by atoms with Gasteiger partial charge in [0.1, 0.15) is 5.82 Å². The van der Waals surface area contributed by atoms with Gasteiger partial charge in [0.05, 0.1) is 12.6 Å². The number of rotatable bonds is 7. The second-order valence-electron chi connectivity index (χ2n) is 6.45. The molecule has 1 aromatic heterocycles. The number of nitrogens with one attached hydrogen (secondary N) is 1. The van der Waals surface area contributed by atoms with Crippen molar-refractivity contribution in [3.05, 3.63) is 53.6 Å². The monoisotopic (exact) mass is 329 g/mol. The van der Waals surface area contributed by atoms with Crippen molar-refractivity contribution in [1.82, 2.24) is 14.9 Å². The van der Waals surface area contributed by atoms with Crippen LogP contribution in [0.2, 0.25) is 0 Å². The van der Waals surface area contributed by atoms with Gasteiger partial charge in [0.2, 0.25) is 0 Å². The topological polar surface area (TPSA) is 48.3 Å². The Hall–Kier alpha value is -1.69. The van der Waals surface area contributed by atoms with Crippen LogP contribution in [0, 0.1) is 5.92 Å². The first-order chi connectivity index (χ1) is 11.8. The maximum atomic E-state index is 5.53. The predicted molar refractivity (Wildman–Crippen MR) is 93.5 cm³/mol. The predicted octanol–water partition coefficient (Wildman–Crippen LogP) is 2.82. The molecule has 0 aliphatic carbocycles. The van der Waals surface area contributed by atoms with E-state index < -0.39 is 0 Å². The van der Waals surface area contributed by atoms with Gasteiger partial charge in [0.25, 0.3) is 0 Å². The molecule has 24 heavy (non-hydrogen) atoms. The Labute approximate surface area is 144 Å². The summed E-state index contributed by atoms with van der Waals surface area (Å²) in [6.07, 6.45) is 6.06. The van der Waals surface area contributed by atoms with E-state index in [-0.39, 0.29) is 6.04 Å². The zero-order valence-corrected chi connectivity index (χ0v) is 14.6. The molecular weight excluding hydrogens is 302 g/mol. The average Bonchev–Trinajstić information content (AvgIpc) is 3.04. The van der Waals surface area contributed by atoms with E-state index in [9.17, 15) is 0 Å². The zero-order valence-electron chi connectivity index (χ0n) is 14.6. The molecule has 1 unspecified atom stereocenters. The molecule has 0 radical (unpaired) electrons. The molecule has 1 atom stereocenters. The van der Waals surface area contributed by atoms with Gasteiger partial charge < -0.3 is 19.4 Å². The largest absolute Gasteiger partial charge is 0.381 e. The fourth-order valence-electron chi connectivity index (χ4n) is 3.34. The molecule has 0 spiro atoms. The van der Waals surface area contributed by atoms with Crippen LogP contribution < -0.4 is 5.32 Å². The molecule has 1 N–H and O–H groups in total. The van der Waals surface area contributed by atoms with E-state index in [1.54, 1.807) is 7.11 Å². The third-order valence-corrected chi connectivity index (χ3v) is 4.73. The lowest BCUT2D eigenvalue weighted by atomic mass is 9.91. The number of aromatic nitrogens is 2. The molecule has 1 aliphatic rings. The maximum absolute atomic E-state index is 5.53. The summed E-state index contributed by atoms with van der Waals surface area (Å²) in [5.74, 6) is 1.67. The highest BCUT2D eigenvalue weighted by molar-refractivity contribution is 5.22. The molecule has 5 nitrogen and oxygen atoms in total. The Kier molecular flexibility index (Phi) is 6.01. The Morgan fingerprint density at radius 2 is 1.96 bits per heavy atom. The molecule has 3 rings (SSSR count). The van der Waals surface area contributed by atoms with Crippen molar-refractivity contribution < 1.29 is 9.47 Å². The van der Waals surface area contributed by atoms with Crippen molar-refractivity contribution in [1.29, 1.82) is 0 Å². The highest BCUT2D eigenvalue weighted by atomic mass is 16.5. The Morgan fingerprint density at radius 1 is 1.25 bits per heavy atom. The molecule has 1 aromatic carbocycles. The smallest absolute Gasteiger partial charge is 0.125 e. The standard InChI is InChI=1S/C19H27N3O2/c1-22-10-9-20-19(22)18(17-7-11-24-12-8-17)21-13-15-3-5-16(6-4-15)14-23-2/h3-6,9-10,17-18,21H,7-8,11-14H2,1-2H3. The molecule has 2 heterocycles. The first-order valence-electron chi connectivity index (χ1n) is 8.63. The third kappa shape index (κ3) is 4.23. The number of ether oxygens (including phenoxy) is 2. The molecule has 1 aliphatic heterocycles. The molecule has 0 saturated carbocycles. The summed E-state index contributed by atoms with van der Waals surface area (Å²) in [7, 11) is 3.79. The zero-order chi connectivity index (χ0) is 16.8. The SMILES string of the molecule is COCc1ccc(CNC(c2nccn2C)C2CCOCC2)cc1. The van der Waals surface area contributed by atoms with E-state index in [0.29, 0.717) is 12.5 Å². The van der Waals surface area contributed by atoms with Crippen molar-refractivity contribution in [3.8, 4) is 0 Å². The van der Waals surface area contributed by atoms with Crippen molar-refractivity contribution in [2.75, 3.05) is 20.3 Å². The number of imidazole rings is 1. The van der Waals surface area contributed by atoms with Gasteiger partial charge in [0, 0.05) is 46.3 Å². The van der Waals surface area contributed by atoms with Gasteiger partial charge in [0.15, 0.2) is 0 Å². The first kappa shape index (κ1) is 17.1. The van der Waals surface area contributed by atoms with Crippen molar-refractivity contribution in [2.45, 2.75) is 32.0 Å². The van der Waals surface area contributed by atoms with Crippen LogP contribution in [0.25, 0.3) is 0 Å². The quantitative estimate of drug-likeness (QED) is 0.848. The number of methoxy groups -OCH3 is 1. The first-order valence-corrected chi connectivity index (χ1v) is 8.63. The Bertz CT molecular complexity index is 618. The van der Waals surface area contributed by atoms with Crippen molar-refractivity contribution >= 4 is 0 Å². The minimum Gasteiger partial charge on any atom is -0.381 e. The Morgan fingerprint density at radius 3 is 2.58 bits per heavy atom. The van der Waals surface area contributed by atoms with Crippen molar-refractivity contribution in [3.63, 3.8) is 0 Å². The van der Waals surface area contributed by atoms with E-state index in [1.807, 2.05) is 12.4 Å². The number of hydrogen-bond donors (Lipinski definition) is 1. The molecular formula is C19H27N3O2. The second-order valence-corrected chi connectivity index (χ2v) is 6.45. The fraction of sp³-hybridized carbons (Fsp3) is 0.526. The summed E-state index contributed by atoms with van der Waals surface area (Å²) >= 11 is 0. The van der Waals surface area contributed by atoms with Crippen LogP contribution in [0.5, 0.6) is 0 Å². The normalized spacial score (nSPS) is 17.1. The van der Waals surface area contributed by atoms with Crippen LogP contribution in [0.1, 0.15) is 35.8 Å². The number of aryl methyl sites for hydroxylation is 1. The van der Waals surface area contributed by atoms with Gasteiger partial charge >= 0.3 is 0 Å².